The molecule has 0 spiro atoms. The topological polar surface area (TPSA) is 61.4 Å². The Balaban J connectivity index is 3.57. The first kappa shape index (κ1) is 13.2. The summed E-state index contributed by atoms with van der Waals surface area (Å²) in [7, 11) is 0. The van der Waals surface area contributed by atoms with Gasteiger partial charge in [0, 0.05) is 6.04 Å². The zero-order valence-corrected chi connectivity index (χ0v) is 7.69. The Morgan fingerprint density at radius 2 is 2.07 bits per heavy atom. The van der Waals surface area contributed by atoms with Gasteiger partial charge in [-0.3, -0.25) is 4.79 Å². The summed E-state index contributed by atoms with van der Waals surface area (Å²) in [5, 5.41) is 12.8. The fourth-order valence-corrected chi connectivity index (χ4v) is 0.593. The summed E-state index contributed by atoms with van der Waals surface area (Å²) < 4.78 is 34.8. The second-order valence-corrected chi connectivity index (χ2v) is 2.86. The zero-order chi connectivity index (χ0) is 11.2. The lowest BCUT2D eigenvalue weighted by atomic mass is 10.3. The van der Waals surface area contributed by atoms with Gasteiger partial charge in [-0.25, -0.2) is 0 Å². The molecule has 0 aromatic rings. The number of halogens is 3. The normalized spacial score (nSPS) is 13.8. The standard InChI is InChI=1S/C7H13F3N2O2/c1-5(3-13)11-2-6(14)12-4-7(8,9)10/h5,11,13H,2-4H2,1H3,(H,12,14). The lowest BCUT2D eigenvalue weighted by Crippen LogP contribution is -2.42. The van der Waals surface area contributed by atoms with Crippen molar-refractivity contribution in [3.63, 3.8) is 0 Å². The van der Waals surface area contributed by atoms with Crippen LogP contribution >= 0.6 is 0 Å². The van der Waals surface area contributed by atoms with Crippen LogP contribution in [-0.2, 0) is 4.79 Å². The third kappa shape index (κ3) is 7.81. The summed E-state index contributed by atoms with van der Waals surface area (Å²) in [5.74, 6) is -0.748. The Morgan fingerprint density at radius 1 is 1.50 bits per heavy atom. The minimum atomic E-state index is -4.39. The molecule has 7 heteroatoms. The number of carbonyl (C=O) groups excluding carboxylic acids is 1. The summed E-state index contributed by atoms with van der Waals surface area (Å²) in [6.07, 6.45) is -4.39. The van der Waals surface area contributed by atoms with Crippen molar-refractivity contribution in [2.45, 2.75) is 19.1 Å². The molecule has 84 valence electrons. The monoisotopic (exact) mass is 214 g/mol. The zero-order valence-electron chi connectivity index (χ0n) is 7.69. The van der Waals surface area contributed by atoms with Crippen LogP contribution in [0, 0.1) is 0 Å². The number of aliphatic hydroxyl groups is 1. The van der Waals surface area contributed by atoms with Crippen molar-refractivity contribution in [3.8, 4) is 0 Å². The van der Waals surface area contributed by atoms with Crippen molar-refractivity contribution >= 4 is 5.91 Å². The molecule has 0 saturated carbocycles. The van der Waals surface area contributed by atoms with E-state index in [4.69, 9.17) is 5.11 Å². The Bertz CT molecular complexity index is 184. The molecule has 1 unspecified atom stereocenters. The molecule has 0 aliphatic rings. The highest BCUT2D eigenvalue weighted by molar-refractivity contribution is 5.78. The minimum absolute atomic E-state index is 0.174. The van der Waals surface area contributed by atoms with Gasteiger partial charge in [0.25, 0.3) is 0 Å². The van der Waals surface area contributed by atoms with Crippen LogP contribution in [0.25, 0.3) is 0 Å². The molecule has 0 aliphatic heterocycles. The highest BCUT2D eigenvalue weighted by Gasteiger charge is 2.27. The van der Waals surface area contributed by atoms with E-state index in [1.54, 1.807) is 12.2 Å². The predicted octanol–water partition coefficient (Wildman–Crippen LogP) is -0.365. The first-order valence-corrected chi connectivity index (χ1v) is 4.03. The highest BCUT2D eigenvalue weighted by atomic mass is 19.4. The largest absolute Gasteiger partial charge is 0.405 e. The molecule has 0 rings (SSSR count). The second-order valence-electron chi connectivity index (χ2n) is 2.86. The number of carbonyl (C=O) groups is 1. The van der Waals surface area contributed by atoms with Crippen LogP contribution in [0.15, 0.2) is 0 Å². The van der Waals surface area contributed by atoms with Gasteiger partial charge in [-0.2, -0.15) is 13.2 Å². The molecule has 0 aromatic heterocycles. The van der Waals surface area contributed by atoms with Gasteiger partial charge in [-0.15, -0.1) is 0 Å². The molecule has 0 saturated heterocycles. The average molecular weight is 214 g/mol. The molecule has 3 N–H and O–H groups in total. The Morgan fingerprint density at radius 3 is 2.50 bits per heavy atom. The average Bonchev–Trinajstić information content (AvgIpc) is 2.09. The van der Waals surface area contributed by atoms with E-state index in [2.05, 4.69) is 5.32 Å². The van der Waals surface area contributed by atoms with Gasteiger partial charge in [0.1, 0.15) is 6.54 Å². The van der Waals surface area contributed by atoms with Gasteiger partial charge in [0.2, 0.25) is 5.91 Å². The number of nitrogens with one attached hydrogen (secondary N) is 2. The molecule has 0 heterocycles. The maximum atomic E-state index is 11.6. The van der Waals surface area contributed by atoms with Crippen LogP contribution in [0.2, 0.25) is 0 Å². The second kappa shape index (κ2) is 5.82. The number of aliphatic hydroxyl groups excluding tert-OH is 1. The van der Waals surface area contributed by atoms with Crippen LogP contribution < -0.4 is 10.6 Å². The maximum absolute atomic E-state index is 11.6. The molecule has 14 heavy (non-hydrogen) atoms. The first-order chi connectivity index (χ1) is 6.35. The first-order valence-electron chi connectivity index (χ1n) is 4.03. The lowest BCUT2D eigenvalue weighted by molar-refractivity contribution is -0.137. The Labute approximate surface area is 79.5 Å². The fourth-order valence-electron chi connectivity index (χ4n) is 0.593. The fraction of sp³-hybridized carbons (Fsp3) is 0.857. The number of amides is 1. The quantitative estimate of drug-likeness (QED) is 0.585. The van der Waals surface area contributed by atoms with Crippen LogP contribution in [-0.4, -0.2) is 42.9 Å². The van der Waals surface area contributed by atoms with Crippen molar-refractivity contribution in [2.75, 3.05) is 19.7 Å². The van der Waals surface area contributed by atoms with Gasteiger partial charge in [-0.1, -0.05) is 0 Å². The van der Waals surface area contributed by atoms with Crippen LogP contribution in [0.3, 0.4) is 0 Å². The van der Waals surface area contributed by atoms with Crippen molar-refractivity contribution in [2.24, 2.45) is 0 Å². The number of hydrogen-bond acceptors (Lipinski definition) is 3. The third-order valence-corrected chi connectivity index (χ3v) is 1.37. The molecule has 0 radical (unpaired) electrons. The molecule has 1 atom stereocenters. The maximum Gasteiger partial charge on any atom is 0.405 e. The van der Waals surface area contributed by atoms with Gasteiger partial charge in [0.05, 0.1) is 13.2 Å². The molecule has 0 aliphatic carbocycles. The Hall–Kier alpha value is -0.820. The van der Waals surface area contributed by atoms with Gasteiger partial charge in [0.15, 0.2) is 0 Å². The summed E-state index contributed by atoms with van der Waals surface area (Å²) in [4.78, 5) is 10.8. The smallest absolute Gasteiger partial charge is 0.395 e. The molecule has 0 fully saturated rings. The van der Waals surface area contributed by atoms with Crippen LogP contribution in [0.1, 0.15) is 6.92 Å². The minimum Gasteiger partial charge on any atom is -0.395 e. The summed E-state index contributed by atoms with van der Waals surface area (Å²) in [6, 6.07) is -0.313. The van der Waals surface area contributed by atoms with E-state index in [1.165, 1.54) is 0 Å². The van der Waals surface area contributed by atoms with Gasteiger partial charge in [-0.05, 0) is 6.92 Å². The lowest BCUT2D eigenvalue weighted by Gasteiger charge is -2.11. The molecular weight excluding hydrogens is 201 g/mol. The number of hydrogen-bond donors (Lipinski definition) is 3. The number of alkyl halides is 3. The number of rotatable bonds is 5. The molecule has 0 aromatic carbocycles. The van der Waals surface area contributed by atoms with E-state index in [0.717, 1.165) is 0 Å². The van der Waals surface area contributed by atoms with E-state index in [-0.39, 0.29) is 19.2 Å². The highest BCUT2D eigenvalue weighted by Crippen LogP contribution is 2.11. The summed E-state index contributed by atoms with van der Waals surface area (Å²) >= 11 is 0. The molecule has 0 bridgehead atoms. The summed E-state index contributed by atoms with van der Waals surface area (Å²) in [5.41, 5.74) is 0. The van der Waals surface area contributed by atoms with E-state index in [9.17, 15) is 18.0 Å². The van der Waals surface area contributed by atoms with Crippen LogP contribution in [0.4, 0.5) is 13.2 Å². The van der Waals surface area contributed by atoms with E-state index in [1.807, 2.05) is 0 Å². The van der Waals surface area contributed by atoms with E-state index in [0.29, 0.717) is 0 Å². The predicted molar refractivity (Wildman–Crippen MR) is 43.6 cm³/mol. The molecule has 1 amide bonds. The van der Waals surface area contributed by atoms with Crippen molar-refractivity contribution in [1.29, 1.82) is 0 Å². The molecular formula is C7H13F3N2O2. The van der Waals surface area contributed by atoms with E-state index < -0.39 is 18.6 Å². The van der Waals surface area contributed by atoms with Crippen molar-refractivity contribution < 1.29 is 23.1 Å². The van der Waals surface area contributed by atoms with E-state index >= 15 is 0 Å². The SMILES string of the molecule is CC(CO)NCC(=O)NCC(F)(F)F. The summed E-state index contributed by atoms with van der Waals surface area (Å²) in [6.45, 7) is -0.136. The van der Waals surface area contributed by atoms with Crippen molar-refractivity contribution in [1.82, 2.24) is 10.6 Å². The molecule has 4 nitrogen and oxygen atoms in total. The van der Waals surface area contributed by atoms with Crippen molar-refractivity contribution in [3.05, 3.63) is 0 Å². The third-order valence-electron chi connectivity index (χ3n) is 1.37. The van der Waals surface area contributed by atoms with Crippen LogP contribution in [0.5, 0.6) is 0 Å². The van der Waals surface area contributed by atoms with Gasteiger partial charge >= 0.3 is 6.18 Å². The Kier molecular flexibility index (Phi) is 5.47. The van der Waals surface area contributed by atoms with Gasteiger partial charge < -0.3 is 15.7 Å².